The Morgan fingerprint density at radius 1 is 1.24 bits per heavy atom. The normalized spacial score (nSPS) is 16.0. The molecule has 9 nitrogen and oxygen atoms in total. The summed E-state index contributed by atoms with van der Waals surface area (Å²) in [5, 5.41) is 6.55. The van der Waals surface area contributed by atoms with Crippen LogP contribution in [0.1, 0.15) is 12.5 Å². The van der Waals surface area contributed by atoms with Gasteiger partial charge in [-0.1, -0.05) is 12.1 Å². The Kier molecular flexibility index (Phi) is 10.4. The number of rotatable bonds is 11. The van der Waals surface area contributed by atoms with E-state index in [1.807, 2.05) is 13.0 Å². The van der Waals surface area contributed by atoms with Gasteiger partial charge in [0.25, 0.3) is 0 Å². The summed E-state index contributed by atoms with van der Waals surface area (Å²) in [4.78, 5) is 7.16. The molecule has 0 aliphatic carbocycles. The zero-order valence-electron chi connectivity index (χ0n) is 17.3. The van der Waals surface area contributed by atoms with E-state index in [0.29, 0.717) is 19.1 Å². The van der Waals surface area contributed by atoms with E-state index in [0.717, 1.165) is 51.5 Å². The minimum absolute atomic E-state index is 0.228. The lowest BCUT2D eigenvalue weighted by Gasteiger charge is -2.26. The average Bonchev–Trinajstić information content (AvgIpc) is 2.73. The molecule has 1 saturated heterocycles. The van der Waals surface area contributed by atoms with Crippen molar-refractivity contribution >= 4 is 16.0 Å². The first-order chi connectivity index (χ1) is 14.0. The van der Waals surface area contributed by atoms with E-state index in [9.17, 15) is 8.42 Å². The average molecular weight is 428 g/mol. The lowest BCUT2D eigenvalue weighted by atomic mass is 10.2. The number of nitrogens with one attached hydrogen (secondary N) is 3. The molecule has 0 bridgehead atoms. The number of methoxy groups -OCH3 is 1. The zero-order valence-corrected chi connectivity index (χ0v) is 18.1. The third-order valence-corrected chi connectivity index (χ3v) is 5.85. The van der Waals surface area contributed by atoms with Crippen LogP contribution in [-0.4, -0.2) is 85.5 Å². The number of ether oxygens (including phenoxy) is 2. The van der Waals surface area contributed by atoms with Crippen molar-refractivity contribution in [1.82, 2.24) is 20.3 Å². The van der Waals surface area contributed by atoms with E-state index in [1.165, 1.54) is 7.11 Å². The summed E-state index contributed by atoms with van der Waals surface area (Å²) >= 11 is 0. The Labute approximate surface area is 173 Å². The molecular formula is C19H33N5O4S. The monoisotopic (exact) mass is 427 g/mol. The molecule has 1 fully saturated rings. The predicted molar refractivity (Wildman–Crippen MR) is 114 cm³/mol. The lowest BCUT2D eigenvalue weighted by molar-refractivity contribution is 0.0389. The molecular weight excluding hydrogens is 394 g/mol. The number of benzene rings is 1. The van der Waals surface area contributed by atoms with Gasteiger partial charge in [0.1, 0.15) is 0 Å². The molecule has 10 heteroatoms. The summed E-state index contributed by atoms with van der Waals surface area (Å²) in [7, 11) is -2.02. The fourth-order valence-corrected chi connectivity index (χ4v) is 3.92. The van der Waals surface area contributed by atoms with Gasteiger partial charge in [-0.25, -0.2) is 18.1 Å². The third-order valence-electron chi connectivity index (χ3n) is 4.40. The van der Waals surface area contributed by atoms with Gasteiger partial charge in [0.2, 0.25) is 10.0 Å². The molecule has 2 rings (SSSR count). The van der Waals surface area contributed by atoms with E-state index in [1.54, 1.807) is 18.2 Å². The quantitative estimate of drug-likeness (QED) is 0.259. The maximum Gasteiger partial charge on any atom is 0.240 e. The molecule has 164 valence electrons. The first kappa shape index (κ1) is 23.6. The Balaban J connectivity index is 1.92. The maximum atomic E-state index is 12.4. The van der Waals surface area contributed by atoms with Crippen LogP contribution in [0.3, 0.4) is 0 Å². The Hall–Kier alpha value is -1.72. The van der Waals surface area contributed by atoms with E-state index in [-0.39, 0.29) is 11.4 Å². The molecule has 1 aliphatic rings. The van der Waals surface area contributed by atoms with Crippen LogP contribution >= 0.6 is 0 Å². The van der Waals surface area contributed by atoms with Gasteiger partial charge >= 0.3 is 0 Å². The van der Waals surface area contributed by atoms with Gasteiger partial charge in [0.05, 0.1) is 31.3 Å². The van der Waals surface area contributed by atoms with Crippen molar-refractivity contribution in [3.63, 3.8) is 0 Å². The summed E-state index contributed by atoms with van der Waals surface area (Å²) < 4.78 is 37.5. The van der Waals surface area contributed by atoms with Crippen LogP contribution in [0.25, 0.3) is 0 Å². The van der Waals surface area contributed by atoms with Crippen LogP contribution in [0.4, 0.5) is 0 Å². The molecule has 1 aromatic carbocycles. The van der Waals surface area contributed by atoms with Crippen LogP contribution < -0.4 is 15.4 Å². The molecule has 1 heterocycles. The molecule has 0 unspecified atom stereocenters. The number of nitrogens with zero attached hydrogens (tertiary/aromatic N) is 2. The van der Waals surface area contributed by atoms with Gasteiger partial charge in [-0.2, -0.15) is 0 Å². The predicted octanol–water partition coefficient (Wildman–Crippen LogP) is -0.00140. The van der Waals surface area contributed by atoms with Crippen molar-refractivity contribution in [2.45, 2.75) is 18.4 Å². The van der Waals surface area contributed by atoms with E-state index >= 15 is 0 Å². The highest BCUT2D eigenvalue weighted by Crippen LogP contribution is 2.12. The van der Waals surface area contributed by atoms with Gasteiger partial charge in [0, 0.05) is 46.4 Å². The smallest absolute Gasteiger partial charge is 0.240 e. The van der Waals surface area contributed by atoms with Crippen molar-refractivity contribution in [3.8, 4) is 0 Å². The number of hydrogen-bond donors (Lipinski definition) is 3. The van der Waals surface area contributed by atoms with Crippen molar-refractivity contribution in [3.05, 3.63) is 29.8 Å². The topological polar surface area (TPSA) is 104 Å². The molecule has 0 aromatic heterocycles. The third kappa shape index (κ3) is 8.67. The number of aliphatic imine (C=N–C) groups is 1. The second-order valence-electron chi connectivity index (χ2n) is 6.61. The van der Waals surface area contributed by atoms with Gasteiger partial charge in [0.15, 0.2) is 5.96 Å². The zero-order chi connectivity index (χ0) is 21.0. The Morgan fingerprint density at radius 2 is 2.03 bits per heavy atom. The van der Waals surface area contributed by atoms with E-state index in [2.05, 4.69) is 25.2 Å². The summed E-state index contributed by atoms with van der Waals surface area (Å²) in [6.45, 7) is 8.89. The van der Waals surface area contributed by atoms with E-state index in [4.69, 9.17) is 9.47 Å². The van der Waals surface area contributed by atoms with Crippen LogP contribution in [0.2, 0.25) is 0 Å². The molecule has 0 saturated carbocycles. The van der Waals surface area contributed by atoms with Crippen molar-refractivity contribution in [1.29, 1.82) is 0 Å². The fraction of sp³-hybridized carbons (Fsp3) is 0.632. The highest BCUT2D eigenvalue weighted by Gasteiger charge is 2.14. The summed E-state index contributed by atoms with van der Waals surface area (Å²) in [5.74, 6) is 0.715. The van der Waals surface area contributed by atoms with Crippen LogP contribution in [0.15, 0.2) is 34.2 Å². The summed E-state index contributed by atoms with van der Waals surface area (Å²) in [5.41, 5.74) is 0.824. The molecule has 0 radical (unpaired) electrons. The largest absolute Gasteiger partial charge is 0.383 e. The Bertz CT molecular complexity index is 736. The molecule has 1 aromatic rings. The van der Waals surface area contributed by atoms with Gasteiger partial charge in [-0.15, -0.1) is 0 Å². The first-order valence-corrected chi connectivity index (χ1v) is 11.4. The summed E-state index contributed by atoms with van der Waals surface area (Å²) in [6, 6.07) is 6.83. The molecule has 3 N–H and O–H groups in total. The molecule has 29 heavy (non-hydrogen) atoms. The van der Waals surface area contributed by atoms with Crippen LogP contribution in [0, 0.1) is 0 Å². The lowest BCUT2D eigenvalue weighted by Crippen LogP contribution is -2.44. The minimum atomic E-state index is -3.56. The number of sulfonamides is 1. The van der Waals surface area contributed by atoms with Crippen molar-refractivity contribution < 1.29 is 17.9 Å². The van der Waals surface area contributed by atoms with Gasteiger partial charge in [-0.05, 0) is 24.6 Å². The first-order valence-electron chi connectivity index (χ1n) is 9.95. The highest BCUT2D eigenvalue weighted by molar-refractivity contribution is 7.89. The van der Waals surface area contributed by atoms with Gasteiger partial charge < -0.3 is 20.1 Å². The minimum Gasteiger partial charge on any atom is -0.383 e. The highest BCUT2D eigenvalue weighted by atomic mass is 32.2. The fourth-order valence-electron chi connectivity index (χ4n) is 2.84. The number of guanidine groups is 1. The van der Waals surface area contributed by atoms with Crippen molar-refractivity contribution in [2.75, 3.05) is 66.2 Å². The molecule has 0 spiro atoms. The standard InChI is InChI=1S/C19H33N5O4S/c1-3-20-19(21-7-9-24-10-13-28-14-11-24)22-16-17-5-4-6-18(15-17)29(25,26)23-8-12-27-2/h4-6,15,23H,3,7-14,16H2,1-2H3,(H2,20,21,22). The SMILES string of the molecule is CCNC(=NCc1cccc(S(=O)(=O)NCCOC)c1)NCCN1CCOCC1. The molecule has 1 aliphatic heterocycles. The number of hydrogen-bond acceptors (Lipinski definition) is 6. The maximum absolute atomic E-state index is 12.4. The van der Waals surface area contributed by atoms with Crippen molar-refractivity contribution in [2.24, 2.45) is 4.99 Å². The number of morpholine rings is 1. The van der Waals surface area contributed by atoms with Gasteiger partial charge in [-0.3, -0.25) is 4.90 Å². The Morgan fingerprint density at radius 3 is 2.76 bits per heavy atom. The molecule has 0 atom stereocenters. The second kappa shape index (κ2) is 12.8. The summed E-state index contributed by atoms with van der Waals surface area (Å²) in [6.07, 6.45) is 0. The van der Waals surface area contributed by atoms with Crippen LogP contribution in [0.5, 0.6) is 0 Å². The van der Waals surface area contributed by atoms with Crippen LogP contribution in [-0.2, 0) is 26.0 Å². The molecule has 0 amide bonds. The van der Waals surface area contributed by atoms with E-state index < -0.39 is 10.0 Å². The second-order valence-corrected chi connectivity index (χ2v) is 8.38.